The third kappa shape index (κ3) is 5.88. The molecule has 1 aliphatic carbocycles. The smallest absolute Gasteiger partial charge is 0.255 e. The maximum absolute atomic E-state index is 14.1. The molecule has 1 aliphatic heterocycles. The Kier molecular flexibility index (Phi) is 7.59. The van der Waals surface area contributed by atoms with Crippen molar-refractivity contribution in [1.82, 2.24) is 10.2 Å². The summed E-state index contributed by atoms with van der Waals surface area (Å²) in [5, 5.41) is 13.1. The largest absolute Gasteiger partial charge is 0.508 e. The number of nitrogens with one attached hydrogen (secondary N) is 1. The van der Waals surface area contributed by atoms with Gasteiger partial charge >= 0.3 is 0 Å². The molecule has 0 saturated heterocycles. The fourth-order valence-electron chi connectivity index (χ4n) is 5.06. The van der Waals surface area contributed by atoms with E-state index in [1.54, 1.807) is 47.4 Å². The fourth-order valence-corrected chi connectivity index (χ4v) is 5.06. The third-order valence-corrected chi connectivity index (χ3v) is 6.97. The van der Waals surface area contributed by atoms with Crippen LogP contribution in [-0.2, 0) is 11.3 Å². The van der Waals surface area contributed by atoms with Gasteiger partial charge in [0.1, 0.15) is 25.0 Å². The number of benzene rings is 3. The van der Waals surface area contributed by atoms with E-state index in [1.807, 2.05) is 30.3 Å². The van der Waals surface area contributed by atoms with Crippen molar-refractivity contribution in [3.05, 3.63) is 89.5 Å². The van der Waals surface area contributed by atoms with Crippen LogP contribution in [0.5, 0.6) is 17.2 Å². The monoisotopic (exact) mass is 500 g/mol. The van der Waals surface area contributed by atoms with E-state index < -0.39 is 6.04 Å². The number of amides is 2. The van der Waals surface area contributed by atoms with Crippen LogP contribution in [0.4, 0.5) is 0 Å². The minimum atomic E-state index is -0.886. The number of nitrogens with zero attached hydrogens (tertiary/aromatic N) is 1. The predicted molar refractivity (Wildman–Crippen MR) is 140 cm³/mol. The van der Waals surface area contributed by atoms with Crippen LogP contribution in [0, 0.1) is 0 Å². The highest BCUT2D eigenvalue weighted by molar-refractivity contribution is 5.98. The van der Waals surface area contributed by atoms with Crippen LogP contribution in [0.1, 0.15) is 59.6 Å². The van der Waals surface area contributed by atoms with Gasteiger partial charge in [-0.1, -0.05) is 61.7 Å². The third-order valence-electron chi connectivity index (χ3n) is 6.97. The van der Waals surface area contributed by atoms with E-state index in [2.05, 4.69) is 5.32 Å². The Hall–Kier alpha value is -4.00. The molecular formula is C30H32N2O5. The fraction of sp³-hybridized carbons (Fsp3) is 0.333. The molecule has 3 aromatic rings. The molecular weight excluding hydrogens is 468 g/mol. The first-order valence-electron chi connectivity index (χ1n) is 12.9. The number of aromatic hydroxyl groups is 1. The van der Waals surface area contributed by atoms with Crippen molar-refractivity contribution in [2.24, 2.45) is 0 Å². The molecule has 37 heavy (non-hydrogen) atoms. The maximum Gasteiger partial charge on any atom is 0.255 e. The van der Waals surface area contributed by atoms with Crippen LogP contribution in [0.25, 0.3) is 0 Å². The van der Waals surface area contributed by atoms with Gasteiger partial charge in [0.2, 0.25) is 5.91 Å². The van der Waals surface area contributed by atoms with E-state index in [0.29, 0.717) is 35.8 Å². The van der Waals surface area contributed by atoms with Gasteiger partial charge in [0, 0.05) is 18.2 Å². The second kappa shape index (κ2) is 11.4. The molecule has 5 rings (SSSR count). The van der Waals surface area contributed by atoms with Crippen LogP contribution in [0.2, 0.25) is 0 Å². The number of hydrogen-bond donors (Lipinski definition) is 2. The van der Waals surface area contributed by atoms with Gasteiger partial charge in [0.15, 0.2) is 11.5 Å². The van der Waals surface area contributed by atoms with Gasteiger partial charge in [-0.2, -0.15) is 0 Å². The normalized spacial score (nSPS) is 16.0. The van der Waals surface area contributed by atoms with Crippen molar-refractivity contribution < 1.29 is 24.2 Å². The first-order chi connectivity index (χ1) is 18.1. The summed E-state index contributed by atoms with van der Waals surface area (Å²) in [7, 11) is 0. The molecule has 0 aromatic heterocycles. The number of carbonyl (C=O) groups is 2. The Balaban J connectivity index is 1.53. The lowest BCUT2D eigenvalue weighted by Crippen LogP contribution is -2.46. The highest BCUT2D eigenvalue weighted by Gasteiger charge is 2.34. The van der Waals surface area contributed by atoms with Crippen molar-refractivity contribution in [2.75, 3.05) is 13.2 Å². The molecule has 2 aliphatic rings. The average Bonchev–Trinajstić information content (AvgIpc) is 2.94. The Labute approximate surface area is 217 Å². The Morgan fingerprint density at radius 1 is 0.892 bits per heavy atom. The van der Waals surface area contributed by atoms with Gasteiger partial charge in [-0.05, 0) is 54.3 Å². The number of ether oxygens (including phenoxy) is 2. The predicted octanol–water partition coefficient (Wildman–Crippen LogP) is 5.00. The Bertz CT molecular complexity index is 1220. The number of phenols is 1. The first kappa shape index (κ1) is 24.7. The molecule has 1 saturated carbocycles. The molecule has 0 radical (unpaired) electrons. The van der Waals surface area contributed by atoms with Crippen molar-refractivity contribution in [3.8, 4) is 17.2 Å². The summed E-state index contributed by atoms with van der Waals surface area (Å²) in [6.45, 7) is 1.11. The van der Waals surface area contributed by atoms with Gasteiger partial charge < -0.3 is 24.8 Å². The minimum Gasteiger partial charge on any atom is -0.508 e. The van der Waals surface area contributed by atoms with E-state index >= 15 is 0 Å². The summed E-state index contributed by atoms with van der Waals surface area (Å²) < 4.78 is 11.3. The van der Waals surface area contributed by atoms with E-state index in [-0.39, 0.29) is 30.2 Å². The SMILES string of the molecule is O=C(NC1CCCCC1)[C@@H](c1ccc(O)cc1)N(Cc1ccccc1)C(=O)c1ccc2c(c1)OCCO2. The average molecular weight is 501 g/mol. The molecule has 1 fully saturated rings. The van der Waals surface area contributed by atoms with Crippen molar-refractivity contribution in [1.29, 1.82) is 0 Å². The van der Waals surface area contributed by atoms with Gasteiger partial charge in [0.05, 0.1) is 0 Å². The van der Waals surface area contributed by atoms with Gasteiger partial charge in [0.25, 0.3) is 5.91 Å². The number of rotatable bonds is 7. The molecule has 0 bridgehead atoms. The van der Waals surface area contributed by atoms with Crippen LogP contribution in [0.15, 0.2) is 72.8 Å². The van der Waals surface area contributed by atoms with Crippen LogP contribution < -0.4 is 14.8 Å². The lowest BCUT2D eigenvalue weighted by atomic mass is 9.94. The van der Waals surface area contributed by atoms with Crippen LogP contribution >= 0.6 is 0 Å². The van der Waals surface area contributed by atoms with Gasteiger partial charge in [-0.15, -0.1) is 0 Å². The molecule has 3 aromatic carbocycles. The van der Waals surface area contributed by atoms with E-state index in [0.717, 1.165) is 31.2 Å². The molecule has 2 N–H and O–H groups in total. The summed E-state index contributed by atoms with van der Waals surface area (Å²) in [5.41, 5.74) is 1.95. The number of phenolic OH excluding ortho intramolecular Hbond substituents is 1. The molecule has 0 spiro atoms. The van der Waals surface area contributed by atoms with Crippen molar-refractivity contribution in [3.63, 3.8) is 0 Å². The van der Waals surface area contributed by atoms with E-state index in [9.17, 15) is 14.7 Å². The van der Waals surface area contributed by atoms with Crippen LogP contribution in [0.3, 0.4) is 0 Å². The minimum absolute atomic E-state index is 0.0869. The van der Waals surface area contributed by atoms with Crippen molar-refractivity contribution in [2.45, 2.75) is 50.7 Å². The van der Waals surface area contributed by atoms with Crippen LogP contribution in [-0.4, -0.2) is 41.1 Å². The van der Waals surface area contributed by atoms with Crippen molar-refractivity contribution >= 4 is 11.8 Å². The Morgan fingerprint density at radius 2 is 1.59 bits per heavy atom. The second-order valence-electron chi connectivity index (χ2n) is 9.61. The first-order valence-corrected chi connectivity index (χ1v) is 12.9. The molecule has 7 nitrogen and oxygen atoms in total. The number of hydrogen-bond acceptors (Lipinski definition) is 5. The summed E-state index contributed by atoms with van der Waals surface area (Å²) in [4.78, 5) is 29.6. The molecule has 0 unspecified atom stereocenters. The Morgan fingerprint density at radius 3 is 2.32 bits per heavy atom. The standard InChI is InChI=1S/C30H32N2O5/c33-25-14-11-22(12-15-25)28(29(34)31-24-9-5-2-6-10-24)32(20-21-7-3-1-4-8-21)30(35)23-13-16-26-27(19-23)37-18-17-36-26/h1,3-4,7-8,11-16,19,24,28,33H,2,5-6,9-10,17-18,20H2,(H,31,34)/t28-/m1/s1. The molecule has 192 valence electrons. The highest BCUT2D eigenvalue weighted by Crippen LogP contribution is 2.33. The summed E-state index contributed by atoms with van der Waals surface area (Å²) in [5.74, 6) is 0.701. The van der Waals surface area contributed by atoms with Gasteiger partial charge in [-0.25, -0.2) is 0 Å². The molecule has 1 heterocycles. The quantitative estimate of drug-likeness (QED) is 0.477. The second-order valence-corrected chi connectivity index (χ2v) is 9.61. The lowest BCUT2D eigenvalue weighted by Gasteiger charge is -2.34. The number of fused-ring (bicyclic) bond motifs is 1. The summed E-state index contributed by atoms with van der Waals surface area (Å²) >= 11 is 0. The highest BCUT2D eigenvalue weighted by atomic mass is 16.6. The van der Waals surface area contributed by atoms with Gasteiger partial charge in [-0.3, -0.25) is 9.59 Å². The zero-order chi connectivity index (χ0) is 25.6. The van der Waals surface area contributed by atoms with E-state index in [1.165, 1.54) is 6.42 Å². The molecule has 7 heteroatoms. The molecule has 2 amide bonds. The lowest BCUT2D eigenvalue weighted by molar-refractivity contribution is -0.127. The topological polar surface area (TPSA) is 88.1 Å². The molecule has 1 atom stereocenters. The number of carbonyl (C=O) groups excluding carboxylic acids is 2. The zero-order valence-electron chi connectivity index (χ0n) is 20.8. The summed E-state index contributed by atoms with van der Waals surface area (Å²) in [6, 6.07) is 20.5. The van der Waals surface area contributed by atoms with E-state index in [4.69, 9.17) is 9.47 Å². The maximum atomic E-state index is 14.1. The zero-order valence-corrected chi connectivity index (χ0v) is 20.8. The summed E-state index contributed by atoms with van der Waals surface area (Å²) in [6.07, 6.45) is 5.21.